The Kier molecular flexibility index (Phi) is 7.43. The molecule has 0 aliphatic heterocycles. The Morgan fingerprint density at radius 3 is 2.41 bits per heavy atom. The lowest BCUT2D eigenvalue weighted by Crippen LogP contribution is -2.33. The van der Waals surface area contributed by atoms with Gasteiger partial charge in [-0.05, 0) is 39.2 Å². The fourth-order valence-corrected chi connectivity index (χ4v) is 1.71. The molecule has 0 radical (unpaired) electrons. The van der Waals surface area contributed by atoms with Crippen molar-refractivity contribution in [2.45, 2.75) is 52.2 Å². The van der Waals surface area contributed by atoms with Crippen molar-refractivity contribution in [3.63, 3.8) is 0 Å². The number of rotatable bonds is 7. The minimum absolute atomic E-state index is 0.221. The fourth-order valence-electron chi connectivity index (χ4n) is 1.71. The molecule has 5 nitrogen and oxygen atoms in total. The molecule has 0 unspecified atom stereocenters. The van der Waals surface area contributed by atoms with Crippen LogP contribution in [-0.4, -0.2) is 24.2 Å². The number of alkyl carbamates (subject to hydrolysis) is 1. The van der Waals surface area contributed by atoms with Crippen molar-refractivity contribution < 1.29 is 19.1 Å². The van der Waals surface area contributed by atoms with E-state index in [1.807, 2.05) is 51.1 Å². The highest BCUT2D eigenvalue weighted by atomic mass is 16.6. The van der Waals surface area contributed by atoms with Crippen LogP contribution in [0.1, 0.15) is 45.6 Å². The Hall–Kier alpha value is -2.04. The van der Waals surface area contributed by atoms with Crippen molar-refractivity contribution >= 4 is 12.1 Å². The molecule has 0 aliphatic rings. The number of hydrogen-bond donors (Lipinski definition) is 1. The van der Waals surface area contributed by atoms with E-state index in [0.29, 0.717) is 32.4 Å². The van der Waals surface area contributed by atoms with E-state index in [1.165, 1.54) is 0 Å². The topological polar surface area (TPSA) is 64.6 Å². The molecule has 0 spiro atoms. The lowest BCUT2D eigenvalue weighted by molar-refractivity contribution is -0.145. The van der Waals surface area contributed by atoms with Crippen LogP contribution in [-0.2, 0) is 20.9 Å². The van der Waals surface area contributed by atoms with Crippen LogP contribution in [0.2, 0.25) is 0 Å². The summed E-state index contributed by atoms with van der Waals surface area (Å²) in [6, 6.07) is 9.57. The molecule has 122 valence electrons. The van der Waals surface area contributed by atoms with Crippen LogP contribution in [0.25, 0.3) is 0 Å². The summed E-state index contributed by atoms with van der Waals surface area (Å²) in [7, 11) is 0. The zero-order chi connectivity index (χ0) is 16.4. The molecule has 1 aromatic carbocycles. The zero-order valence-electron chi connectivity index (χ0n) is 13.6. The van der Waals surface area contributed by atoms with Gasteiger partial charge in [0, 0.05) is 13.0 Å². The van der Waals surface area contributed by atoms with Crippen LogP contribution in [0.4, 0.5) is 4.79 Å². The molecule has 5 heteroatoms. The number of unbranched alkanes of at least 4 members (excludes halogenated alkanes) is 1. The Balaban J connectivity index is 2.04. The maximum atomic E-state index is 11.6. The van der Waals surface area contributed by atoms with Crippen molar-refractivity contribution in [1.29, 1.82) is 0 Å². The lowest BCUT2D eigenvalue weighted by atomic mass is 10.2. The molecule has 0 bridgehead atoms. The first-order chi connectivity index (χ1) is 10.4. The van der Waals surface area contributed by atoms with Crippen LogP contribution in [0.5, 0.6) is 0 Å². The number of ether oxygens (including phenoxy) is 2. The summed E-state index contributed by atoms with van der Waals surface area (Å²) in [4.78, 5) is 23.0. The number of benzene rings is 1. The fraction of sp³-hybridized carbons (Fsp3) is 0.529. The van der Waals surface area contributed by atoms with E-state index >= 15 is 0 Å². The highest BCUT2D eigenvalue weighted by Crippen LogP contribution is 2.07. The summed E-state index contributed by atoms with van der Waals surface area (Å²) in [5.74, 6) is -0.221. The average Bonchev–Trinajstić information content (AvgIpc) is 2.44. The second-order valence-corrected chi connectivity index (χ2v) is 6.03. The molecule has 0 aliphatic carbocycles. The summed E-state index contributed by atoms with van der Waals surface area (Å²) in [6.45, 7) is 6.23. The maximum absolute atomic E-state index is 11.6. The Labute approximate surface area is 132 Å². The normalized spacial score (nSPS) is 10.9. The van der Waals surface area contributed by atoms with Gasteiger partial charge >= 0.3 is 12.1 Å². The molecule has 0 saturated heterocycles. The standard InChI is InChI=1S/C17H25NO4/c1-17(2,3)22-16(20)18-12-8-7-11-15(19)21-13-14-9-5-4-6-10-14/h4-6,9-10H,7-8,11-13H2,1-3H3,(H,18,20). The Morgan fingerprint density at radius 1 is 1.09 bits per heavy atom. The third-order valence-electron chi connectivity index (χ3n) is 2.72. The van der Waals surface area contributed by atoms with Gasteiger partial charge in [-0.3, -0.25) is 4.79 Å². The highest BCUT2D eigenvalue weighted by molar-refractivity contribution is 5.69. The summed E-state index contributed by atoms with van der Waals surface area (Å²) >= 11 is 0. The van der Waals surface area contributed by atoms with Crippen molar-refractivity contribution in [2.24, 2.45) is 0 Å². The van der Waals surface area contributed by atoms with Gasteiger partial charge in [-0.1, -0.05) is 30.3 Å². The number of carbonyl (C=O) groups excluding carboxylic acids is 2. The number of amides is 1. The Morgan fingerprint density at radius 2 is 1.77 bits per heavy atom. The van der Waals surface area contributed by atoms with Gasteiger partial charge in [0.1, 0.15) is 12.2 Å². The molecule has 0 heterocycles. The van der Waals surface area contributed by atoms with Crippen molar-refractivity contribution in [3.8, 4) is 0 Å². The van der Waals surface area contributed by atoms with Crippen LogP contribution in [0, 0.1) is 0 Å². The average molecular weight is 307 g/mol. The minimum Gasteiger partial charge on any atom is -0.461 e. The quantitative estimate of drug-likeness (QED) is 0.619. The molecular formula is C17H25NO4. The molecule has 22 heavy (non-hydrogen) atoms. The monoisotopic (exact) mass is 307 g/mol. The van der Waals surface area contributed by atoms with Gasteiger partial charge in [0.15, 0.2) is 0 Å². The van der Waals surface area contributed by atoms with E-state index in [4.69, 9.17) is 9.47 Å². The predicted octanol–water partition coefficient (Wildman–Crippen LogP) is 3.42. The summed E-state index contributed by atoms with van der Waals surface area (Å²) in [5, 5.41) is 2.66. The van der Waals surface area contributed by atoms with Crippen molar-refractivity contribution in [2.75, 3.05) is 6.54 Å². The molecular weight excluding hydrogens is 282 g/mol. The second-order valence-electron chi connectivity index (χ2n) is 6.03. The largest absolute Gasteiger partial charge is 0.461 e. The van der Waals surface area contributed by atoms with Gasteiger partial charge in [-0.2, -0.15) is 0 Å². The van der Waals surface area contributed by atoms with E-state index in [1.54, 1.807) is 0 Å². The van der Waals surface area contributed by atoms with Crippen molar-refractivity contribution in [3.05, 3.63) is 35.9 Å². The van der Waals surface area contributed by atoms with Gasteiger partial charge in [0.2, 0.25) is 0 Å². The smallest absolute Gasteiger partial charge is 0.407 e. The third-order valence-corrected chi connectivity index (χ3v) is 2.72. The lowest BCUT2D eigenvalue weighted by Gasteiger charge is -2.19. The Bertz CT molecular complexity index is 465. The number of esters is 1. The van der Waals surface area contributed by atoms with Crippen LogP contribution >= 0.6 is 0 Å². The molecule has 0 saturated carbocycles. The van der Waals surface area contributed by atoms with E-state index < -0.39 is 11.7 Å². The first-order valence-electron chi connectivity index (χ1n) is 7.53. The van der Waals surface area contributed by atoms with Gasteiger partial charge in [0.05, 0.1) is 0 Å². The predicted molar refractivity (Wildman–Crippen MR) is 84.3 cm³/mol. The summed E-state index contributed by atoms with van der Waals surface area (Å²) < 4.78 is 10.3. The van der Waals surface area contributed by atoms with Gasteiger partial charge < -0.3 is 14.8 Å². The van der Waals surface area contributed by atoms with E-state index in [9.17, 15) is 9.59 Å². The molecule has 0 fully saturated rings. The van der Waals surface area contributed by atoms with E-state index in [0.717, 1.165) is 5.56 Å². The molecule has 1 N–H and O–H groups in total. The number of nitrogens with one attached hydrogen (secondary N) is 1. The molecule has 0 atom stereocenters. The molecule has 0 aromatic heterocycles. The number of carbonyl (C=O) groups is 2. The van der Waals surface area contributed by atoms with E-state index in [2.05, 4.69) is 5.32 Å². The van der Waals surface area contributed by atoms with Gasteiger partial charge in [-0.15, -0.1) is 0 Å². The third kappa shape index (κ3) is 9.00. The van der Waals surface area contributed by atoms with Gasteiger partial charge in [-0.25, -0.2) is 4.79 Å². The molecule has 1 rings (SSSR count). The molecule has 1 amide bonds. The first kappa shape index (κ1) is 18.0. The maximum Gasteiger partial charge on any atom is 0.407 e. The zero-order valence-corrected chi connectivity index (χ0v) is 13.6. The summed E-state index contributed by atoms with van der Waals surface area (Å²) in [5.41, 5.74) is 0.480. The first-order valence-corrected chi connectivity index (χ1v) is 7.53. The van der Waals surface area contributed by atoms with Crippen molar-refractivity contribution in [1.82, 2.24) is 5.32 Å². The highest BCUT2D eigenvalue weighted by Gasteiger charge is 2.15. The minimum atomic E-state index is -0.495. The SMILES string of the molecule is CC(C)(C)OC(=O)NCCCCC(=O)OCc1ccccc1. The molecule has 1 aromatic rings. The number of hydrogen-bond acceptors (Lipinski definition) is 4. The van der Waals surface area contributed by atoms with Crippen LogP contribution in [0.15, 0.2) is 30.3 Å². The van der Waals surface area contributed by atoms with Gasteiger partial charge in [0.25, 0.3) is 0 Å². The van der Waals surface area contributed by atoms with Crippen LogP contribution in [0.3, 0.4) is 0 Å². The van der Waals surface area contributed by atoms with E-state index in [-0.39, 0.29) is 5.97 Å². The van der Waals surface area contributed by atoms with Crippen LogP contribution < -0.4 is 5.32 Å². The summed E-state index contributed by atoms with van der Waals surface area (Å²) in [6.07, 6.45) is 1.30. The second kappa shape index (κ2) is 9.07.